The molecule has 0 unspecified atom stereocenters. The molecule has 0 bridgehead atoms. The molecular weight excluding hydrogens is 288 g/mol. The van der Waals surface area contributed by atoms with E-state index in [1.54, 1.807) is 24.3 Å². The number of nitrogens with one attached hydrogen (secondary N) is 2. The second kappa shape index (κ2) is 4.92. The molecule has 3 rings (SSSR count). The highest BCUT2D eigenvalue weighted by Gasteiger charge is 2.17. The van der Waals surface area contributed by atoms with Crippen molar-refractivity contribution >= 4 is 26.7 Å². The standard InChI is InChI=1S/C14H10N4O2S/c15-9-10-4-3-5-11(8-10)21(19,20)18-14-12-6-1-2-7-13(12)16-17-14/h1-8H,(H2,16,17,18). The second-order valence-corrected chi connectivity index (χ2v) is 6.05. The number of anilines is 1. The Morgan fingerprint density at radius 1 is 1.14 bits per heavy atom. The SMILES string of the molecule is N#Cc1cccc(S(=O)(=O)Nc2n[nH]c3ccccc23)c1. The molecule has 0 aliphatic rings. The van der Waals surface area contributed by atoms with Crippen LogP contribution < -0.4 is 4.72 Å². The van der Waals surface area contributed by atoms with Crippen molar-refractivity contribution in [3.05, 3.63) is 54.1 Å². The smallest absolute Gasteiger partial charge is 0.263 e. The molecule has 0 fully saturated rings. The molecule has 0 aliphatic heterocycles. The van der Waals surface area contributed by atoms with Gasteiger partial charge in [0.25, 0.3) is 10.0 Å². The maximum absolute atomic E-state index is 12.3. The zero-order valence-corrected chi connectivity index (χ0v) is 11.6. The Labute approximate surface area is 121 Å². The van der Waals surface area contributed by atoms with Gasteiger partial charge < -0.3 is 0 Å². The summed E-state index contributed by atoms with van der Waals surface area (Å²) in [6, 6.07) is 14.9. The summed E-state index contributed by atoms with van der Waals surface area (Å²) in [6.07, 6.45) is 0. The molecule has 3 aromatic rings. The predicted octanol–water partition coefficient (Wildman–Crippen LogP) is 2.24. The summed E-state index contributed by atoms with van der Waals surface area (Å²) in [4.78, 5) is 0.0219. The van der Waals surface area contributed by atoms with Crippen molar-refractivity contribution in [2.45, 2.75) is 4.90 Å². The van der Waals surface area contributed by atoms with E-state index < -0.39 is 10.0 Å². The summed E-state index contributed by atoms with van der Waals surface area (Å²) in [5.74, 6) is 0.230. The van der Waals surface area contributed by atoms with E-state index in [9.17, 15) is 8.42 Å². The van der Waals surface area contributed by atoms with Crippen LogP contribution in [0.15, 0.2) is 53.4 Å². The molecule has 0 atom stereocenters. The molecule has 1 aromatic heterocycles. The van der Waals surface area contributed by atoms with Crippen molar-refractivity contribution in [2.24, 2.45) is 0 Å². The third kappa shape index (κ3) is 2.44. The number of fused-ring (bicyclic) bond motifs is 1. The number of H-pyrrole nitrogens is 1. The van der Waals surface area contributed by atoms with E-state index >= 15 is 0 Å². The van der Waals surface area contributed by atoms with Gasteiger partial charge in [0, 0.05) is 5.39 Å². The van der Waals surface area contributed by atoms with Gasteiger partial charge in [-0.1, -0.05) is 18.2 Å². The fraction of sp³-hybridized carbons (Fsp3) is 0. The summed E-state index contributed by atoms with van der Waals surface area (Å²) >= 11 is 0. The molecule has 0 aliphatic carbocycles. The summed E-state index contributed by atoms with van der Waals surface area (Å²) in [5, 5.41) is 16.2. The molecule has 0 saturated carbocycles. The van der Waals surface area contributed by atoms with Gasteiger partial charge in [-0.3, -0.25) is 9.82 Å². The van der Waals surface area contributed by atoms with Crippen LogP contribution in [0.5, 0.6) is 0 Å². The second-order valence-electron chi connectivity index (χ2n) is 4.36. The Balaban J connectivity index is 2.02. The lowest BCUT2D eigenvalue weighted by atomic mass is 10.2. The number of sulfonamides is 1. The van der Waals surface area contributed by atoms with Crippen LogP contribution in [0.2, 0.25) is 0 Å². The monoisotopic (exact) mass is 298 g/mol. The first kappa shape index (κ1) is 13.1. The third-order valence-electron chi connectivity index (χ3n) is 2.97. The number of benzene rings is 2. The Morgan fingerprint density at radius 3 is 2.76 bits per heavy atom. The maximum Gasteiger partial charge on any atom is 0.263 e. The van der Waals surface area contributed by atoms with E-state index in [1.165, 1.54) is 18.2 Å². The normalized spacial score (nSPS) is 11.2. The minimum absolute atomic E-state index is 0.0219. The Morgan fingerprint density at radius 2 is 1.95 bits per heavy atom. The molecule has 1 heterocycles. The maximum atomic E-state index is 12.3. The molecule has 21 heavy (non-hydrogen) atoms. The number of aromatic amines is 1. The highest BCUT2D eigenvalue weighted by atomic mass is 32.2. The highest BCUT2D eigenvalue weighted by molar-refractivity contribution is 7.92. The van der Waals surface area contributed by atoms with Crippen LogP contribution in [-0.2, 0) is 10.0 Å². The first-order valence-electron chi connectivity index (χ1n) is 6.06. The van der Waals surface area contributed by atoms with E-state index in [-0.39, 0.29) is 16.3 Å². The lowest BCUT2D eigenvalue weighted by Gasteiger charge is -2.06. The lowest BCUT2D eigenvalue weighted by Crippen LogP contribution is -2.13. The molecule has 0 spiro atoms. The summed E-state index contributed by atoms with van der Waals surface area (Å²) < 4.78 is 27.1. The molecule has 104 valence electrons. The van der Waals surface area contributed by atoms with Crippen molar-refractivity contribution in [1.29, 1.82) is 5.26 Å². The molecule has 6 nitrogen and oxygen atoms in total. The van der Waals surface area contributed by atoms with E-state index in [1.807, 2.05) is 12.1 Å². The van der Waals surface area contributed by atoms with Crippen molar-refractivity contribution in [2.75, 3.05) is 4.72 Å². The first-order valence-corrected chi connectivity index (χ1v) is 7.54. The van der Waals surface area contributed by atoms with Gasteiger partial charge in [-0.15, -0.1) is 0 Å². The molecule has 2 aromatic carbocycles. The van der Waals surface area contributed by atoms with Gasteiger partial charge in [-0.05, 0) is 30.3 Å². The van der Waals surface area contributed by atoms with Crippen LogP contribution in [-0.4, -0.2) is 18.6 Å². The van der Waals surface area contributed by atoms with Crippen molar-refractivity contribution in [3.8, 4) is 6.07 Å². The average Bonchev–Trinajstić information content (AvgIpc) is 2.90. The minimum Gasteiger partial charge on any atom is -0.276 e. The number of hydrogen-bond acceptors (Lipinski definition) is 4. The topological polar surface area (TPSA) is 98.6 Å². The van der Waals surface area contributed by atoms with Crippen LogP contribution in [0.4, 0.5) is 5.82 Å². The van der Waals surface area contributed by atoms with Crippen LogP contribution in [0.3, 0.4) is 0 Å². The van der Waals surface area contributed by atoms with E-state index in [2.05, 4.69) is 14.9 Å². The Kier molecular flexibility index (Phi) is 3.08. The van der Waals surface area contributed by atoms with Crippen molar-refractivity contribution < 1.29 is 8.42 Å². The Bertz CT molecular complexity index is 954. The number of nitriles is 1. The van der Waals surface area contributed by atoms with Gasteiger partial charge in [0.1, 0.15) is 0 Å². The van der Waals surface area contributed by atoms with Crippen LogP contribution in [0.25, 0.3) is 10.9 Å². The van der Waals surface area contributed by atoms with Gasteiger partial charge in [-0.25, -0.2) is 8.42 Å². The lowest BCUT2D eigenvalue weighted by molar-refractivity contribution is 0.601. The molecule has 7 heteroatoms. The minimum atomic E-state index is -3.79. The third-order valence-corrected chi connectivity index (χ3v) is 4.31. The van der Waals surface area contributed by atoms with Gasteiger partial charge in [0.15, 0.2) is 5.82 Å². The fourth-order valence-electron chi connectivity index (χ4n) is 1.96. The quantitative estimate of drug-likeness (QED) is 0.774. The van der Waals surface area contributed by atoms with Crippen molar-refractivity contribution in [1.82, 2.24) is 10.2 Å². The van der Waals surface area contributed by atoms with Gasteiger partial charge in [0.2, 0.25) is 0 Å². The van der Waals surface area contributed by atoms with Crippen LogP contribution in [0.1, 0.15) is 5.56 Å². The largest absolute Gasteiger partial charge is 0.276 e. The highest BCUT2D eigenvalue weighted by Crippen LogP contribution is 2.23. The number of hydrogen-bond donors (Lipinski definition) is 2. The average molecular weight is 298 g/mol. The van der Waals surface area contributed by atoms with Crippen LogP contribution in [0, 0.1) is 11.3 Å². The van der Waals surface area contributed by atoms with Gasteiger partial charge in [-0.2, -0.15) is 10.4 Å². The van der Waals surface area contributed by atoms with Crippen LogP contribution >= 0.6 is 0 Å². The molecular formula is C14H10N4O2S. The molecule has 0 saturated heterocycles. The van der Waals surface area contributed by atoms with Crippen molar-refractivity contribution in [3.63, 3.8) is 0 Å². The molecule has 0 amide bonds. The zero-order valence-electron chi connectivity index (χ0n) is 10.7. The van der Waals surface area contributed by atoms with E-state index in [4.69, 9.17) is 5.26 Å². The molecule has 2 N–H and O–H groups in total. The fourth-order valence-corrected chi connectivity index (χ4v) is 3.03. The number of aromatic nitrogens is 2. The van der Waals surface area contributed by atoms with Gasteiger partial charge >= 0.3 is 0 Å². The van der Waals surface area contributed by atoms with Gasteiger partial charge in [0.05, 0.1) is 22.0 Å². The first-order chi connectivity index (χ1) is 10.1. The number of para-hydroxylation sites is 1. The number of rotatable bonds is 3. The summed E-state index contributed by atoms with van der Waals surface area (Å²) in [7, 11) is -3.79. The summed E-state index contributed by atoms with van der Waals surface area (Å²) in [5.41, 5.74) is 1.02. The zero-order chi connectivity index (χ0) is 14.9. The summed E-state index contributed by atoms with van der Waals surface area (Å²) in [6.45, 7) is 0. The molecule has 0 radical (unpaired) electrons. The van der Waals surface area contributed by atoms with E-state index in [0.717, 1.165) is 5.52 Å². The number of nitrogens with zero attached hydrogens (tertiary/aromatic N) is 2. The Hall–Kier alpha value is -2.85. The predicted molar refractivity (Wildman–Crippen MR) is 78.1 cm³/mol. The van der Waals surface area contributed by atoms with E-state index in [0.29, 0.717) is 5.39 Å².